The normalized spacial score (nSPS) is 20.0. The highest BCUT2D eigenvalue weighted by Crippen LogP contribution is 2.29. The van der Waals surface area contributed by atoms with E-state index in [1.54, 1.807) is 34.6 Å². The molecule has 4 nitrogen and oxygen atoms in total. The minimum atomic E-state index is -3.52. The van der Waals surface area contributed by atoms with Crippen molar-refractivity contribution < 1.29 is 8.42 Å². The van der Waals surface area contributed by atoms with Crippen molar-refractivity contribution in [1.29, 1.82) is 0 Å². The molecule has 0 aliphatic carbocycles. The number of nitrogens with one attached hydrogen (secondary N) is 1. The van der Waals surface area contributed by atoms with Crippen LogP contribution in [0.1, 0.15) is 11.6 Å². The smallest absolute Gasteiger partial charge is 0.243 e. The molecular formula is C16H17ClN2O2S. The van der Waals surface area contributed by atoms with E-state index in [0.29, 0.717) is 29.6 Å². The molecule has 1 N–H and O–H groups in total. The van der Waals surface area contributed by atoms with E-state index in [1.165, 1.54) is 0 Å². The van der Waals surface area contributed by atoms with Crippen molar-refractivity contribution in [2.24, 2.45) is 0 Å². The van der Waals surface area contributed by atoms with E-state index in [9.17, 15) is 8.42 Å². The maximum Gasteiger partial charge on any atom is 0.243 e. The van der Waals surface area contributed by atoms with Gasteiger partial charge in [0, 0.05) is 24.7 Å². The first-order chi connectivity index (χ1) is 10.6. The third kappa shape index (κ3) is 3.03. The molecule has 1 unspecified atom stereocenters. The topological polar surface area (TPSA) is 49.4 Å². The zero-order chi connectivity index (χ0) is 15.6. The van der Waals surface area contributed by atoms with Gasteiger partial charge in [0.2, 0.25) is 10.0 Å². The fourth-order valence-electron chi connectivity index (χ4n) is 2.70. The summed E-state index contributed by atoms with van der Waals surface area (Å²) in [5.41, 5.74) is 0.902. The average Bonchev–Trinajstić information content (AvgIpc) is 2.56. The molecule has 0 aromatic heterocycles. The van der Waals surface area contributed by atoms with E-state index < -0.39 is 10.0 Å². The molecule has 1 heterocycles. The molecule has 1 saturated heterocycles. The van der Waals surface area contributed by atoms with Crippen molar-refractivity contribution in [3.63, 3.8) is 0 Å². The summed E-state index contributed by atoms with van der Waals surface area (Å²) in [7, 11) is -3.52. The average molecular weight is 337 g/mol. The van der Waals surface area contributed by atoms with Gasteiger partial charge in [-0.1, -0.05) is 41.9 Å². The zero-order valence-electron chi connectivity index (χ0n) is 11.9. The lowest BCUT2D eigenvalue weighted by atomic mass is 10.1. The maximum absolute atomic E-state index is 12.9. The van der Waals surface area contributed by atoms with Crippen molar-refractivity contribution in [2.45, 2.75) is 10.9 Å². The maximum atomic E-state index is 12.9. The summed E-state index contributed by atoms with van der Waals surface area (Å²) < 4.78 is 27.4. The highest BCUT2D eigenvalue weighted by Gasteiger charge is 2.34. The molecule has 0 bridgehead atoms. The first-order valence-corrected chi connectivity index (χ1v) is 8.94. The van der Waals surface area contributed by atoms with Crippen molar-refractivity contribution >= 4 is 21.6 Å². The van der Waals surface area contributed by atoms with E-state index in [2.05, 4.69) is 5.32 Å². The SMILES string of the molecule is O=S(=O)(c1ccccc1)N1CCNCC1c1cccc(Cl)c1. The molecule has 0 radical (unpaired) electrons. The summed E-state index contributed by atoms with van der Waals surface area (Å²) in [4.78, 5) is 0.323. The van der Waals surface area contributed by atoms with Gasteiger partial charge < -0.3 is 5.32 Å². The molecule has 6 heteroatoms. The molecular weight excluding hydrogens is 320 g/mol. The summed E-state index contributed by atoms with van der Waals surface area (Å²) in [5, 5.41) is 3.87. The fourth-order valence-corrected chi connectivity index (χ4v) is 4.53. The quantitative estimate of drug-likeness (QED) is 0.937. The van der Waals surface area contributed by atoms with Gasteiger partial charge in [-0.2, -0.15) is 4.31 Å². The number of hydrogen-bond acceptors (Lipinski definition) is 3. The van der Waals surface area contributed by atoms with Crippen molar-refractivity contribution in [2.75, 3.05) is 19.6 Å². The van der Waals surface area contributed by atoms with E-state index in [0.717, 1.165) is 5.56 Å². The Morgan fingerprint density at radius 3 is 2.59 bits per heavy atom. The Hall–Kier alpha value is -1.40. The van der Waals surface area contributed by atoms with Crippen LogP contribution in [0.4, 0.5) is 0 Å². The molecule has 1 aliphatic rings. The number of nitrogens with zero attached hydrogens (tertiary/aromatic N) is 1. The van der Waals surface area contributed by atoms with Gasteiger partial charge in [0.25, 0.3) is 0 Å². The van der Waals surface area contributed by atoms with E-state index in [1.807, 2.05) is 24.3 Å². The lowest BCUT2D eigenvalue weighted by Crippen LogP contribution is -2.48. The first-order valence-electron chi connectivity index (χ1n) is 7.12. The van der Waals surface area contributed by atoms with Crippen LogP contribution in [0, 0.1) is 0 Å². The predicted octanol–water partition coefficient (Wildman–Crippen LogP) is 2.68. The first kappa shape index (κ1) is 15.5. The Labute approximate surface area is 135 Å². The summed E-state index contributed by atoms with van der Waals surface area (Å²) in [6.07, 6.45) is 0. The largest absolute Gasteiger partial charge is 0.313 e. The van der Waals surface area contributed by atoms with Gasteiger partial charge in [0.05, 0.1) is 10.9 Å². The van der Waals surface area contributed by atoms with Crippen LogP contribution in [0.2, 0.25) is 5.02 Å². The molecule has 0 saturated carbocycles. The molecule has 116 valence electrons. The molecule has 2 aromatic carbocycles. The van der Waals surface area contributed by atoms with Gasteiger partial charge in [-0.3, -0.25) is 0 Å². The monoisotopic (exact) mass is 336 g/mol. The Morgan fingerprint density at radius 1 is 1.09 bits per heavy atom. The number of hydrogen-bond donors (Lipinski definition) is 1. The standard InChI is InChI=1S/C16H17ClN2O2S/c17-14-6-4-5-13(11-14)16-12-18-9-10-19(16)22(20,21)15-7-2-1-3-8-15/h1-8,11,16,18H,9-10,12H2. The second-order valence-electron chi connectivity index (χ2n) is 5.20. The lowest BCUT2D eigenvalue weighted by Gasteiger charge is -2.35. The molecule has 1 fully saturated rings. The van der Waals surface area contributed by atoms with Crippen LogP contribution in [0.5, 0.6) is 0 Å². The number of rotatable bonds is 3. The Bertz CT molecular complexity index is 750. The number of halogens is 1. The van der Waals surface area contributed by atoms with Crippen LogP contribution in [0.15, 0.2) is 59.5 Å². The van der Waals surface area contributed by atoms with Gasteiger partial charge in [0.15, 0.2) is 0 Å². The van der Waals surface area contributed by atoms with Crippen LogP contribution in [0.25, 0.3) is 0 Å². The number of benzene rings is 2. The molecule has 3 rings (SSSR count). The van der Waals surface area contributed by atoms with Crippen molar-refractivity contribution in [3.8, 4) is 0 Å². The molecule has 1 atom stereocenters. The van der Waals surface area contributed by atoms with Crippen LogP contribution < -0.4 is 5.32 Å². The molecule has 0 spiro atoms. The van der Waals surface area contributed by atoms with E-state index in [4.69, 9.17) is 11.6 Å². The molecule has 1 aliphatic heterocycles. The van der Waals surface area contributed by atoms with Crippen LogP contribution in [-0.2, 0) is 10.0 Å². The van der Waals surface area contributed by atoms with Gasteiger partial charge in [-0.25, -0.2) is 8.42 Å². The van der Waals surface area contributed by atoms with Gasteiger partial charge in [0.1, 0.15) is 0 Å². The summed E-state index contributed by atoms with van der Waals surface area (Å²) >= 11 is 6.05. The van der Waals surface area contributed by atoms with Crippen molar-refractivity contribution in [3.05, 3.63) is 65.2 Å². The fraction of sp³-hybridized carbons (Fsp3) is 0.250. The second-order valence-corrected chi connectivity index (χ2v) is 7.53. The molecule has 2 aromatic rings. The third-order valence-electron chi connectivity index (χ3n) is 3.78. The van der Waals surface area contributed by atoms with Gasteiger partial charge in [-0.15, -0.1) is 0 Å². The number of sulfonamides is 1. The Kier molecular flexibility index (Phi) is 4.49. The summed E-state index contributed by atoms with van der Waals surface area (Å²) in [6, 6.07) is 15.7. The highest BCUT2D eigenvalue weighted by molar-refractivity contribution is 7.89. The van der Waals surface area contributed by atoms with Gasteiger partial charge >= 0.3 is 0 Å². The summed E-state index contributed by atoms with van der Waals surface area (Å²) in [6.45, 7) is 1.66. The van der Waals surface area contributed by atoms with Crippen molar-refractivity contribution in [1.82, 2.24) is 9.62 Å². The Morgan fingerprint density at radius 2 is 1.86 bits per heavy atom. The van der Waals surface area contributed by atoms with Crippen LogP contribution >= 0.6 is 11.6 Å². The van der Waals surface area contributed by atoms with E-state index in [-0.39, 0.29) is 6.04 Å². The zero-order valence-corrected chi connectivity index (χ0v) is 13.5. The lowest BCUT2D eigenvalue weighted by molar-refractivity contribution is 0.271. The molecule has 22 heavy (non-hydrogen) atoms. The summed E-state index contributed by atoms with van der Waals surface area (Å²) in [5.74, 6) is 0. The molecule has 0 amide bonds. The minimum Gasteiger partial charge on any atom is -0.313 e. The number of piperazine rings is 1. The Balaban J connectivity index is 2.00. The highest BCUT2D eigenvalue weighted by atomic mass is 35.5. The minimum absolute atomic E-state index is 0.252. The van der Waals surface area contributed by atoms with Gasteiger partial charge in [-0.05, 0) is 29.8 Å². The van der Waals surface area contributed by atoms with Crippen LogP contribution in [0.3, 0.4) is 0 Å². The van der Waals surface area contributed by atoms with Crippen LogP contribution in [-0.4, -0.2) is 32.4 Å². The predicted molar refractivity (Wildman–Crippen MR) is 87.4 cm³/mol. The second kappa shape index (κ2) is 6.38. The van der Waals surface area contributed by atoms with E-state index >= 15 is 0 Å². The third-order valence-corrected chi connectivity index (χ3v) is 5.94.